The predicted molar refractivity (Wildman–Crippen MR) is 74.6 cm³/mol. The maximum absolute atomic E-state index is 12.3. The summed E-state index contributed by atoms with van der Waals surface area (Å²) in [5.41, 5.74) is 0. The molecule has 110 valence electrons. The van der Waals surface area contributed by atoms with E-state index in [-0.39, 0.29) is 17.8 Å². The molecule has 0 saturated heterocycles. The van der Waals surface area contributed by atoms with Crippen molar-refractivity contribution >= 4 is 11.9 Å². The van der Waals surface area contributed by atoms with Crippen LogP contribution in [0.25, 0.3) is 0 Å². The van der Waals surface area contributed by atoms with Gasteiger partial charge in [0.2, 0.25) is 5.91 Å². The highest BCUT2D eigenvalue weighted by atomic mass is 16.5. The van der Waals surface area contributed by atoms with Gasteiger partial charge in [0.15, 0.2) is 0 Å². The molecule has 0 aromatic carbocycles. The van der Waals surface area contributed by atoms with E-state index in [9.17, 15) is 9.59 Å². The normalized spacial score (nSPS) is 17.8. The molecule has 1 aliphatic carbocycles. The van der Waals surface area contributed by atoms with Crippen LogP contribution in [0.4, 0.5) is 0 Å². The second-order valence-electron chi connectivity index (χ2n) is 5.56. The molecular weight excluding hydrogens is 242 g/mol. The Balaban J connectivity index is 2.44. The highest BCUT2D eigenvalue weighted by Gasteiger charge is 2.23. The van der Waals surface area contributed by atoms with E-state index in [0.717, 1.165) is 0 Å². The number of carbonyl (C=O) groups is 2. The quantitative estimate of drug-likeness (QED) is 0.696. The first-order valence-electron chi connectivity index (χ1n) is 7.44. The Morgan fingerprint density at radius 2 is 1.89 bits per heavy atom. The first kappa shape index (κ1) is 16.0. The van der Waals surface area contributed by atoms with E-state index in [0.29, 0.717) is 25.4 Å². The predicted octanol–water partition coefficient (Wildman–Crippen LogP) is 2.61. The summed E-state index contributed by atoms with van der Waals surface area (Å²) in [6, 6.07) is 0. The van der Waals surface area contributed by atoms with Gasteiger partial charge in [-0.3, -0.25) is 9.59 Å². The molecule has 1 unspecified atom stereocenters. The number of nitrogens with zero attached hydrogens (tertiary/aromatic N) is 1. The standard InChI is InChI=1S/C15H27NO3/c1-4-16(11-12(2)15(18)19-3)14(17)10-13-8-6-5-7-9-13/h12-13H,4-11H2,1-3H3. The van der Waals surface area contributed by atoms with Gasteiger partial charge >= 0.3 is 5.97 Å². The minimum Gasteiger partial charge on any atom is -0.469 e. The number of carbonyl (C=O) groups excluding carboxylic acids is 2. The van der Waals surface area contributed by atoms with Crippen LogP contribution in [0.2, 0.25) is 0 Å². The van der Waals surface area contributed by atoms with Crippen LogP contribution in [0.15, 0.2) is 0 Å². The summed E-state index contributed by atoms with van der Waals surface area (Å²) in [5, 5.41) is 0. The van der Waals surface area contributed by atoms with Crippen LogP contribution >= 0.6 is 0 Å². The zero-order valence-electron chi connectivity index (χ0n) is 12.5. The smallest absolute Gasteiger partial charge is 0.310 e. The summed E-state index contributed by atoms with van der Waals surface area (Å²) in [6.45, 7) is 4.90. The molecule has 0 aromatic heterocycles. The lowest BCUT2D eigenvalue weighted by molar-refractivity contribution is -0.146. The van der Waals surface area contributed by atoms with Gasteiger partial charge in [-0.1, -0.05) is 26.2 Å². The third-order valence-electron chi connectivity index (χ3n) is 4.02. The van der Waals surface area contributed by atoms with Gasteiger partial charge in [0.05, 0.1) is 13.0 Å². The summed E-state index contributed by atoms with van der Waals surface area (Å²) in [6.07, 6.45) is 6.81. The van der Waals surface area contributed by atoms with Crippen molar-refractivity contribution in [2.75, 3.05) is 20.2 Å². The molecule has 0 N–H and O–H groups in total. The lowest BCUT2D eigenvalue weighted by atomic mass is 9.86. The maximum atomic E-state index is 12.3. The summed E-state index contributed by atoms with van der Waals surface area (Å²) >= 11 is 0. The molecule has 1 fully saturated rings. The average molecular weight is 269 g/mol. The van der Waals surface area contributed by atoms with E-state index in [1.165, 1.54) is 39.2 Å². The third-order valence-corrected chi connectivity index (χ3v) is 4.02. The van der Waals surface area contributed by atoms with Crippen molar-refractivity contribution in [2.24, 2.45) is 11.8 Å². The van der Waals surface area contributed by atoms with Crippen molar-refractivity contribution in [3.63, 3.8) is 0 Å². The van der Waals surface area contributed by atoms with Crippen LogP contribution in [0.1, 0.15) is 52.4 Å². The minimum absolute atomic E-state index is 0.185. The average Bonchev–Trinajstić information content (AvgIpc) is 2.44. The number of amides is 1. The summed E-state index contributed by atoms with van der Waals surface area (Å²) < 4.78 is 4.71. The van der Waals surface area contributed by atoms with Gasteiger partial charge in [-0.25, -0.2) is 0 Å². The molecule has 1 atom stereocenters. The highest BCUT2D eigenvalue weighted by molar-refractivity contribution is 5.78. The number of rotatable bonds is 6. The lowest BCUT2D eigenvalue weighted by Gasteiger charge is -2.27. The molecule has 19 heavy (non-hydrogen) atoms. The van der Waals surface area contributed by atoms with Crippen LogP contribution in [0.5, 0.6) is 0 Å². The van der Waals surface area contributed by atoms with Gasteiger partial charge in [0.25, 0.3) is 0 Å². The van der Waals surface area contributed by atoms with Gasteiger partial charge in [-0.15, -0.1) is 0 Å². The Morgan fingerprint density at radius 3 is 2.42 bits per heavy atom. The molecule has 0 bridgehead atoms. The Labute approximate surface area is 116 Å². The van der Waals surface area contributed by atoms with Gasteiger partial charge in [0.1, 0.15) is 0 Å². The Hall–Kier alpha value is -1.06. The molecule has 0 aromatic rings. The molecule has 4 nitrogen and oxygen atoms in total. The Bertz CT molecular complexity index is 298. The molecule has 1 amide bonds. The fourth-order valence-corrected chi connectivity index (χ4v) is 2.78. The van der Waals surface area contributed by atoms with Crippen LogP contribution in [0, 0.1) is 11.8 Å². The molecule has 0 radical (unpaired) electrons. The number of methoxy groups -OCH3 is 1. The van der Waals surface area contributed by atoms with Gasteiger partial charge in [0, 0.05) is 19.5 Å². The molecule has 0 spiro atoms. The largest absolute Gasteiger partial charge is 0.469 e. The van der Waals surface area contributed by atoms with E-state index in [4.69, 9.17) is 4.74 Å². The zero-order chi connectivity index (χ0) is 14.3. The summed E-state index contributed by atoms with van der Waals surface area (Å²) in [5.74, 6) is 0.234. The topological polar surface area (TPSA) is 46.6 Å². The van der Waals surface area contributed by atoms with Crippen molar-refractivity contribution in [1.82, 2.24) is 4.90 Å². The van der Waals surface area contributed by atoms with E-state index < -0.39 is 0 Å². The molecule has 1 saturated carbocycles. The van der Waals surface area contributed by atoms with E-state index in [2.05, 4.69) is 0 Å². The molecule has 4 heteroatoms. The number of esters is 1. The number of hydrogen-bond acceptors (Lipinski definition) is 3. The summed E-state index contributed by atoms with van der Waals surface area (Å²) in [4.78, 5) is 25.5. The lowest BCUT2D eigenvalue weighted by Crippen LogP contribution is -2.38. The Kier molecular flexibility index (Phi) is 6.89. The van der Waals surface area contributed by atoms with Crippen molar-refractivity contribution < 1.29 is 14.3 Å². The maximum Gasteiger partial charge on any atom is 0.310 e. The first-order valence-corrected chi connectivity index (χ1v) is 7.44. The van der Waals surface area contributed by atoms with Crippen LogP contribution in [-0.2, 0) is 14.3 Å². The van der Waals surface area contributed by atoms with E-state index in [1.807, 2.05) is 13.8 Å². The van der Waals surface area contributed by atoms with Gasteiger partial charge in [-0.2, -0.15) is 0 Å². The Morgan fingerprint density at radius 1 is 1.26 bits per heavy atom. The fraction of sp³-hybridized carbons (Fsp3) is 0.867. The third kappa shape index (κ3) is 5.21. The second-order valence-corrected chi connectivity index (χ2v) is 5.56. The minimum atomic E-state index is -0.250. The van der Waals surface area contributed by atoms with E-state index in [1.54, 1.807) is 4.90 Å². The van der Waals surface area contributed by atoms with Gasteiger partial charge in [-0.05, 0) is 25.7 Å². The summed E-state index contributed by atoms with van der Waals surface area (Å²) in [7, 11) is 1.39. The van der Waals surface area contributed by atoms with Crippen molar-refractivity contribution in [3.8, 4) is 0 Å². The van der Waals surface area contributed by atoms with Crippen molar-refractivity contribution in [2.45, 2.75) is 52.4 Å². The van der Waals surface area contributed by atoms with Crippen molar-refractivity contribution in [1.29, 1.82) is 0 Å². The monoisotopic (exact) mass is 269 g/mol. The van der Waals surface area contributed by atoms with Gasteiger partial charge < -0.3 is 9.64 Å². The van der Waals surface area contributed by atoms with E-state index >= 15 is 0 Å². The van der Waals surface area contributed by atoms with Crippen LogP contribution in [-0.4, -0.2) is 37.0 Å². The molecule has 1 aliphatic rings. The molecule has 1 rings (SSSR count). The molecule has 0 heterocycles. The zero-order valence-corrected chi connectivity index (χ0v) is 12.5. The molecule has 0 aliphatic heterocycles. The first-order chi connectivity index (χ1) is 9.08. The number of hydrogen-bond donors (Lipinski definition) is 0. The fourth-order valence-electron chi connectivity index (χ4n) is 2.78. The SMILES string of the molecule is CCN(CC(C)C(=O)OC)C(=O)CC1CCCCC1. The highest BCUT2D eigenvalue weighted by Crippen LogP contribution is 2.26. The van der Waals surface area contributed by atoms with Crippen LogP contribution < -0.4 is 0 Å². The van der Waals surface area contributed by atoms with Crippen molar-refractivity contribution in [3.05, 3.63) is 0 Å². The molecular formula is C15H27NO3. The number of ether oxygens (including phenoxy) is 1. The second kappa shape index (κ2) is 8.18. The van der Waals surface area contributed by atoms with Crippen LogP contribution in [0.3, 0.4) is 0 Å².